The van der Waals surface area contributed by atoms with Crippen molar-refractivity contribution in [1.82, 2.24) is 4.98 Å². The molecule has 0 unspecified atom stereocenters. The molecule has 1 amide bonds. The van der Waals surface area contributed by atoms with Crippen LogP contribution in [-0.4, -0.2) is 23.0 Å². The summed E-state index contributed by atoms with van der Waals surface area (Å²) >= 11 is 17.5. The van der Waals surface area contributed by atoms with Gasteiger partial charge in [0.2, 0.25) is 0 Å². The monoisotopic (exact) mass is 397 g/mol. The Labute approximate surface area is 158 Å². The van der Waals surface area contributed by atoms with Crippen molar-refractivity contribution in [3.05, 3.63) is 56.8 Å². The molecule has 0 radical (unpaired) electrons. The Bertz CT molecular complexity index is 863. The number of hydrogen-bond acceptors (Lipinski definition) is 5. The van der Waals surface area contributed by atoms with Crippen LogP contribution < -0.4 is 5.32 Å². The van der Waals surface area contributed by atoms with Gasteiger partial charge < -0.3 is 10.1 Å². The molecule has 1 aromatic heterocycles. The van der Waals surface area contributed by atoms with Crippen LogP contribution in [0.4, 0.5) is 5.69 Å². The van der Waals surface area contributed by atoms with Gasteiger partial charge in [-0.3, -0.25) is 4.79 Å². The van der Waals surface area contributed by atoms with Gasteiger partial charge in [0.15, 0.2) is 11.8 Å². The molecule has 9 heteroatoms. The van der Waals surface area contributed by atoms with Gasteiger partial charge in [0.05, 0.1) is 26.7 Å². The van der Waals surface area contributed by atoms with E-state index in [0.717, 1.165) is 6.20 Å². The molecule has 0 spiro atoms. The number of halogens is 3. The Morgan fingerprint density at radius 1 is 1.20 bits per heavy atom. The Balaban J connectivity index is 2.04. The molecule has 25 heavy (non-hydrogen) atoms. The van der Waals surface area contributed by atoms with Crippen molar-refractivity contribution in [3.63, 3.8) is 0 Å². The van der Waals surface area contributed by atoms with Crippen molar-refractivity contribution in [2.45, 2.75) is 13.0 Å². The van der Waals surface area contributed by atoms with Gasteiger partial charge in [0.25, 0.3) is 5.91 Å². The predicted molar refractivity (Wildman–Crippen MR) is 93.9 cm³/mol. The highest BCUT2D eigenvalue weighted by molar-refractivity contribution is 6.48. The lowest BCUT2D eigenvalue weighted by atomic mass is 10.2. The largest absolute Gasteiger partial charge is 0.448 e. The highest BCUT2D eigenvalue weighted by Crippen LogP contribution is 2.31. The number of pyridine rings is 1. The summed E-state index contributed by atoms with van der Waals surface area (Å²) in [4.78, 5) is 27.9. The molecule has 0 bridgehead atoms. The van der Waals surface area contributed by atoms with E-state index >= 15 is 0 Å². The Kier molecular flexibility index (Phi) is 6.21. The Morgan fingerprint density at radius 2 is 1.84 bits per heavy atom. The minimum atomic E-state index is -1.12. The van der Waals surface area contributed by atoms with Crippen LogP contribution in [0.15, 0.2) is 30.5 Å². The molecule has 1 atom stereocenters. The van der Waals surface area contributed by atoms with Gasteiger partial charge in [0, 0.05) is 11.9 Å². The zero-order valence-corrected chi connectivity index (χ0v) is 15.0. The zero-order valence-electron chi connectivity index (χ0n) is 12.7. The SMILES string of the molecule is C[C@@H](OC(=O)c1ncc(Cl)c(Cl)c1Cl)C(=O)Nc1ccc(C#N)cc1. The maximum Gasteiger partial charge on any atom is 0.359 e. The third-order valence-electron chi connectivity index (χ3n) is 3.05. The van der Waals surface area contributed by atoms with E-state index in [2.05, 4.69) is 10.3 Å². The summed E-state index contributed by atoms with van der Waals surface area (Å²) in [6.07, 6.45) is 0.0453. The van der Waals surface area contributed by atoms with Crippen LogP contribution in [0.25, 0.3) is 0 Å². The first kappa shape index (κ1) is 19.0. The van der Waals surface area contributed by atoms with Crippen molar-refractivity contribution in [1.29, 1.82) is 5.26 Å². The van der Waals surface area contributed by atoms with E-state index in [9.17, 15) is 9.59 Å². The van der Waals surface area contributed by atoms with Crippen molar-refractivity contribution >= 4 is 52.4 Å². The summed E-state index contributed by atoms with van der Waals surface area (Å²) in [5.41, 5.74) is 0.671. The number of nitrogens with one attached hydrogen (secondary N) is 1. The first-order valence-electron chi connectivity index (χ1n) is 6.85. The summed E-state index contributed by atoms with van der Waals surface area (Å²) in [5.74, 6) is -1.47. The quantitative estimate of drug-likeness (QED) is 0.783. The summed E-state index contributed by atoms with van der Waals surface area (Å²) < 4.78 is 5.04. The van der Waals surface area contributed by atoms with Crippen LogP contribution in [0, 0.1) is 11.3 Å². The van der Waals surface area contributed by atoms with Crippen LogP contribution in [0.3, 0.4) is 0 Å². The number of rotatable bonds is 4. The lowest BCUT2D eigenvalue weighted by Crippen LogP contribution is -2.30. The summed E-state index contributed by atoms with van der Waals surface area (Å²) in [6, 6.07) is 8.18. The molecule has 1 heterocycles. The molecule has 0 aliphatic carbocycles. The standard InChI is InChI=1S/C16H10Cl3N3O3/c1-8(15(23)22-10-4-2-9(6-20)3-5-10)25-16(24)14-13(19)12(18)11(17)7-21-14/h2-5,7-8H,1H3,(H,22,23)/t8-/m1/s1. The van der Waals surface area contributed by atoms with Gasteiger partial charge >= 0.3 is 5.97 Å². The molecule has 1 N–H and O–H groups in total. The molecular formula is C16H10Cl3N3O3. The fourth-order valence-electron chi connectivity index (χ4n) is 1.73. The van der Waals surface area contributed by atoms with E-state index in [0.29, 0.717) is 11.3 Å². The minimum Gasteiger partial charge on any atom is -0.448 e. The number of nitriles is 1. The number of esters is 1. The minimum absolute atomic E-state index is 0.0278. The van der Waals surface area contributed by atoms with Gasteiger partial charge in [-0.15, -0.1) is 0 Å². The third kappa shape index (κ3) is 4.60. The Morgan fingerprint density at radius 3 is 2.44 bits per heavy atom. The first-order chi connectivity index (χ1) is 11.8. The van der Waals surface area contributed by atoms with E-state index < -0.39 is 18.0 Å². The Hall–Kier alpha value is -2.33. The normalized spacial score (nSPS) is 11.3. The zero-order chi connectivity index (χ0) is 18.6. The first-order valence-corrected chi connectivity index (χ1v) is 7.98. The molecule has 2 aromatic rings. The van der Waals surface area contributed by atoms with E-state index in [4.69, 9.17) is 44.8 Å². The van der Waals surface area contributed by atoms with Gasteiger partial charge in [-0.2, -0.15) is 5.26 Å². The van der Waals surface area contributed by atoms with Crippen LogP contribution in [-0.2, 0) is 9.53 Å². The van der Waals surface area contributed by atoms with Crippen LogP contribution >= 0.6 is 34.8 Å². The van der Waals surface area contributed by atoms with Crippen molar-refractivity contribution in [2.24, 2.45) is 0 Å². The van der Waals surface area contributed by atoms with Crippen molar-refractivity contribution < 1.29 is 14.3 Å². The topological polar surface area (TPSA) is 92.1 Å². The molecule has 1 aromatic carbocycles. The number of carbonyl (C=O) groups is 2. The molecule has 128 valence electrons. The highest BCUT2D eigenvalue weighted by Gasteiger charge is 2.23. The molecule has 0 aliphatic heterocycles. The fraction of sp³-hybridized carbons (Fsp3) is 0.125. The molecule has 0 fully saturated rings. The number of benzene rings is 1. The third-order valence-corrected chi connectivity index (χ3v) is 4.29. The van der Waals surface area contributed by atoms with E-state index in [1.165, 1.54) is 6.92 Å². The maximum atomic E-state index is 12.1. The predicted octanol–water partition coefficient (Wildman–Crippen LogP) is 4.10. The molecular weight excluding hydrogens is 389 g/mol. The number of ether oxygens (including phenoxy) is 1. The van der Waals surface area contributed by atoms with Crippen molar-refractivity contribution in [3.8, 4) is 6.07 Å². The lowest BCUT2D eigenvalue weighted by Gasteiger charge is -2.14. The number of anilines is 1. The lowest BCUT2D eigenvalue weighted by molar-refractivity contribution is -0.123. The van der Waals surface area contributed by atoms with E-state index in [-0.39, 0.29) is 20.8 Å². The van der Waals surface area contributed by atoms with Gasteiger partial charge in [0.1, 0.15) is 0 Å². The second-order valence-electron chi connectivity index (χ2n) is 4.81. The number of aromatic nitrogens is 1. The second-order valence-corrected chi connectivity index (χ2v) is 5.97. The van der Waals surface area contributed by atoms with Gasteiger partial charge in [-0.1, -0.05) is 34.8 Å². The fourth-order valence-corrected chi connectivity index (χ4v) is 2.29. The van der Waals surface area contributed by atoms with Crippen LogP contribution in [0.1, 0.15) is 23.0 Å². The van der Waals surface area contributed by atoms with Crippen LogP contribution in [0.2, 0.25) is 15.1 Å². The second kappa shape index (κ2) is 8.17. The summed E-state index contributed by atoms with van der Waals surface area (Å²) in [6.45, 7) is 1.39. The smallest absolute Gasteiger partial charge is 0.359 e. The number of nitrogens with zero attached hydrogens (tertiary/aromatic N) is 2. The summed E-state index contributed by atoms with van der Waals surface area (Å²) in [5, 5.41) is 11.2. The number of hydrogen-bond donors (Lipinski definition) is 1. The van der Waals surface area contributed by atoms with Crippen LogP contribution in [0.5, 0.6) is 0 Å². The number of amides is 1. The molecule has 0 saturated heterocycles. The van der Waals surface area contributed by atoms with Crippen molar-refractivity contribution in [2.75, 3.05) is 5.32 Å². The average Bonchev–Trinajstić information content (AvgIpc) is 2.60. The van der Waals surface area contributed by atoms with E-state index in [1.807, 2.05) is 6.07 Å². The van der Waals surface area contributed by atoms with Gasteiger partial charge in [-0.25, -0.2) is 9.78 Å². The number of carbonyl (C=O) groups excluding carboxylic acids is 2. The highest BCUT2D eigenvalue weighted by atomic mass is 35.5. The average molecular weight is 399 g/mol. The molecule has 2 rings (SSSR count). The molecule has 0 aliphatic rings. The molecule has 0 saturated carbocycles. The summed E-state index contributed by atoms with van der Waals surface area (Å²) in [7, 11) is 0. The molecule has 6 nitrogen and oxygen atoms in total. The maximum absolute atomic E-state index is 12.1. The van der Waals surface area contributed by atoms with E-state index in [1.54, 1.807) is 24.3 Å². The van der Waals surface area contributed by atoms with Gasteiger partial charge in [-0.05, 0) is 31.2 Å².